The molecule has 1 aromatic heterocycles. The van der Waals surface area contributed by atoms with E-state index in [-0.39, 0.29) is 17.7 Å². The van der Waals surface area contributed by atoms with Crippen LogP contribution in [0.15, 0.2) is 6.20 Å². The highest BCUT2D eigenvalue weighted by Gasteiger charge is 2.19. The number of carboxylic acid groups (broad SMARTS) is 1. The SMILES string of the molecule is CC(C)(CCNC(=O)c1cnns1)CCC(=O)O. The number of hydrogen-bond donors (Lipinski definition) is 2. The average molecular weight is 271 g/mol. The summed E-state index contributed by atoms with van der Waals surface area (Å²) < 4.78 is 3.61. The summed E-state index contributed by atoms with van der Waals surface area (Å²) in [6, 6.07) is 0. The fourth-order valence-electron chi connectivity index (χ4n) is 1.44. The van der Waals surface area contributed by atoms with Crippen LogP contribution in [0, 0.1) is 5.41 Å². The first-order chi connectivity index (χ1) is 8.41. The number of carbonyl (C=O) groups excluding carboxylic acids is 1. The molecular formula is C11H17N3O3S. The topological polar surface area (TPSA) is 92.2 Å². The fourth-order valence-corrected chi connectivity index (χ4v) is 1.87. The van der Waals surface area contributed by atoms with Gasteiger partial charge in [-0.1, -0.05) is 18.3 Å². The predicted molar refractivity (Wildman–Crippen MR) is 67.5 cm³/mol. The molecular weight excluding hydrogens is 254 g/mol. The van der Waals surface area contributed by atoms with Gasteiger partial charge in [-0.3, -0.25) is 9.59 Å². The number of carbonyl (C=O) groups is 2. The summed E-state index contributed by atoms with van der Waals surface area (Å²) in [4.78, 5) is 22.6. The minimum atomic E-state index is -0.789. The zero-order chi connectivity index (χ0) is 13.6. The minimum Gasteiger partial charge on any atom is -0.481 e. The molecule has 0 atom stereocenters. The van der Waals surface area contributed by atoms with E-state index in [1.54, 1.807) is 0 Å². The molecule has 18 heavy (non-hydrogen) atoms. The van der Waals surface area contributed by atoms with E-state index in [2.05, 4.69) is 14.9 Å². The maximum absolute atomic E-state index is 11.6. The zero-order valence-corrected chi connectivity index (χ0v) is 11.3. The number of rotatable bonds is 7. The van der Waals surface area contributed by atoms with E-state index in [1.165, 1.54) is 6.20 Å². The first-order valence-electron chi connectivity index (χ1n) is 5.68. The highest BCUT2D eigenvalue weighted by atomic mass is 32.1. The van der Waals surface area contributed by atoms with Crippen LogP contribution in [-0.2, 0) is 4.79 Å². The van der Waals surface area contributed by atoms with Crippen molar-refractivity contribution in [2.45, 2.75) is 33.1 Å². The van der Waals surface area contributed by atoms with Gasteiger partial charge in [0.05, 0.1) is 6.20 Å². The van der Waals surface area contributed by atoms with Crippen LogP contribution in [0.4, 0.5) is 0 Å². The van der Waals surface area contributed by atoms with Gasteiger partial charge in [0.1, 0.15) is 4.88 Å². The van der Waals surface area contributed by atoms with Crippen LogP contribution in [-0.4, -0.2) is 33.1 Å². The Morgan fingerprint density at radius 2 is 2.17 bits per heavy atom. The Kier molecular flexibility index (Phi) is 5.21. The van der Waals surface area contributed by atoms with E-state index in [1.807, 2.05) is 13.8 Å². The number of aromatic nitrogens is 2. The molecule has 0 saturated carbocycles. The number of nitrogens with zero attached hydrogens (tertiary/aromatic N) is 2. The van der Waals surface area contributed by atoms with Crippen molar-refractivity contribution in [2.24, 2.45) is 5.41 Å². The summed E-state index contributed by atoms with van der Waals surface area (Å²) >= 11 is 1.05. The van der Waals surface area contributed by atoms with E-state index in [0.717, 1.165) is 18.0 Å². The second-order valence-electron chi connectivity index (χ2n) is 4.85. The second kappa shape index (κ2) is 6.44. The Labute approximate surface area is 110 Å². The summed E-state index contributed by atoms with van der Waals surface area (Å²) in [6.07, 6.45) is 2.91. The van der Waals surface area contributed by atoms with Gasteiger partial charge in [0, 0.05) is 13.0 Å². The van der Waals surface area contributed by atoms with Crippen molar-refractivity contribution in [3.8, 4) is 0 Å². The van der Waals surface area contributed by atoms with Gasteiger partial charge in [-0.05, 0) is 29.8 Å². The lowest BCUT2D eigenvalue weighted by Crippen LogP contribution is -2.27. The third-order valence-corrected chi connectivity index (χ3v) is 3.35. The van der Waals surface area contributed by atoms with E-state index in [9.17, 15) is 9.59 Å². The molecule has 1 heterocycles. The zero-order valence-electron chi connectivity index (χ0n) is 10.5. The molecule has 0 aromatic carbocycles. The Bertz CT molecular complexity index is 404. The number of hydrogen-bond acceptors (Lipinski definition) is 5. The lowest BCUT2D eigenvalue weighted by molar-refractivity contribution is -0.137. The molecule has 0 bridgehead atoms. The van der Waals surface area contributed by atoms with E-state index < -0.39 is 5.97 Å². The Hall–Kier alpha value is -1.50. The third kappa shape index (κ3) is 5.22. The molecule has 0 aliphatic rings. The lowest BCUT2D eigenvalue weighted by Gasteiger charge is -2.23. The number of carboxylic acids is 1. The quantitative estimate of drug-likeness (QED) is 0.785. The molecule has 0 aliphatic carbocycles. The van der Waals surface area contributed by atoms with Crippen LogP contribution in [0.25, 0.3) is 0 Å². The number of amides is 1. The molecule has 0 unspecified atom stereocenters. The van der Waals surface area contributed by atoms with Gasteiger partial charge >= 0.3 is 5.97 Å². The van der Waals surface area contributed by atoms with Crippen molar-refractivity contribution in [3.63, 3.8) is 0 Å². The van der Waals surface area contributed by atoms with Crippen LogP contribution < -0.4 is 5.32 Å². The molecule has 7 heteroatoms. The Balaban J connectivity index is 2.28. The van der Waals surface area contributed by atoms with Gasteiger partial charge in [0.25, 0.3) is 5.91 Å². The molecule has 0 fully saturated rings. The largest absolute Gasteiger partial charge is 0.481 e. The lowest BCUT2D eigenvalue weighted by atomic mass is 9.84. The first kappa shape index (κ1) is 14.6. The third-order valence-electron chi connectivity index (χ3n) is 2.69. The number of aliphatic carboxylic acids is 1. The molecule has 0 aliphatic heterocycles. The summed E-state index contributed by atoms with van der Waals surface area (Å²) in [5, 5.41) is 15.0. The normalized spacial score (nSPS) is 11.2. The van der Waals surface area contributed by atoms with Gasteiger partial charge in [-0.25, -0.2) is 0 Å². The number of nitrogens with one attached hydrogen (secondary N) is 1. The standard InChI is InChI=1S/C11H17N3O3S/c1-11(2,4-3-9(15)16)5-6-12-10(17)8-7-13-14-18-8/h7H,3-6H2,1-2H3,(H,12,17)(H,15,16). The van der Waals surface area contributed by atoms with Crippen molar-refractivity contribution < 1.29 is 14.7 Å². The summed E-state index contributed by atoms with van der Waals surface area (Å²) in [6.45, 7) is 4.51. The summed E-state index contributed by atoms with van der Waals surface area (Å²) in [5.74, 6) is -0.970. The van der Waals surface area contributed by atoms with Crippen LogP contribution in [0.2, 0.25) is 0 Å². The molecule has 0 spiro atoms. The van der Waals surface area contributed by atoms with Crippen molar-refractivity contribution >= 4 is 23.4 Å². The van der Waals surface area contributed by atoms with E-state index in [0.29, 0.717) is 17.8 Å². The van der Waals surface area contributed by atoms with E-state index in [4.69, 9.17) is 5.11 Å². The fraction of sp³-hybridized carbons (Fsp3) is 0.636. The molecule has 0 radical (unpaired) electrons. The summed E-state index contributed by atoms with van der Waals surface area (Å²) in [7, 11) is 0. The van der Waals surface area contributed by atoms with Gasteiger partial charge in [-0.15, -0.1) is 5.10 Å². The smallest absolute Gasteiger partial charge is 0.303 e. The average Bonchev–Trinajstić information content (AvgIpc) is 2.79. The van der Waals surface area contributed by atoms with Crippen molar-refractivity contribution in [1.82, 2.24) is 14.9 Å². The maximum Gasteiger partial charge on any atom is 0.303 e. The van der Waals surface area contributed by atoms with Crippen molar-refractivity contribution in [2.75, 3.05) is 6.54 Å². The monoisotopic (exact) mass is 271 g/mol. The van der Waals surface area contributed by atoms with E-state index >= 15 is 0 Å². The van der Waals surface area contributed by atoms with Crippen molar-refractivity contribution in [3.05, 3.63) is 11.1 Å². The first-order valence-corrected chi connectivity index (χ1v) is 6.45. The van der Waals surface area contributed by atoms with Crippen LogP contribution in [0.5, 0.6) is 0 Å². The second-order valence-corrected chi connectivity index (χ2v) is 5.63. The Morgan fingerprint density at radius 1 is 1.44 bits per heavy atom. The summed E-state index contributed by atoms with van der Waals surface area (Å²) in [5.41, 5.74) is -0.0996. The Morgan fingerprint density at radius 3 is 2.72 bits per heavy atom. The molecule has 6 nitrogen and oxygen atoms in total. The van der Waals surface area contributed by atoms with Crippen LogP contribution >= 0.6 is 11.5 Å². The molecule has 1 amide bonds. The van der Waals surface area contributed by atoms with Gasteiger partial charge in [-0.2, -0.15) is 0 Å². The molecule has 100 valence electrons. The van der Waals surface area contributed by atoms with Gasteiger partial charge in [0.15, 0.2) is 0 Å². The van der Waals surface area contributed by atoms with Crippen LogP contribution in [0.3, 0.4) is 0 Å². The molecule has 1 rings (SSSR count). The maximum atomic E-state index is 11.6. The van der Waals surface area contributed by atoms with Crippen LogP contribution in [0.1, 0.15) is 42.8 Å². The molecule has 0 saturated heterocycles. The molecule has 1 aromatic rings. The minimum absolute atomic E-state index is 0.0996. The highest BCUT2D eigenvalue weighted by molar-refractivity contribution is 7.07. The van der Waals surface area contributed by atoms with Crippen molar-refractivity contribution in [1.29, 1.82) is 0 Å². The highest BCUT2D eigenvalue weighted by Crippen LogP contribution is 2.26. The predicted octanol–water partition coefficient (Wildman–Crippen LogP) is 1.55. The molecule has 2 N–H and O–H groups in total. The van der Waals surface area contributed by atoms with Gasteiger partial charge < -0.3 is 10.4 Å². The van der Waals surface area contributed by atoms with Gasteiger partial charge in [0.2, 0.25) is 0 Å².